The number of carbonyl (C=O) groups excluding carboxylic acids is 2. The Hall–Kier alpha value is -2.87. The van der Waals surface area contributed by atoms with Crippen LogP contribution in [0.3, 0.4) is 0 Å². The molecule has 29 heavy (non-hydrogen) atoms. The third-order valence-electron chi connectivity index (χ3n) is 5.08. The molecule has 0 fully saturated rings. The molecule has 0 spiro atoms. The molecular weight excluding hydrogens is 383 g/mol. The Labute approximate surface area is 166 Å². The molecule has 2 amide bonds. The standard InChI is InChI=1S/C21H22F3N3O2/c1-11(2)17(25)21(29)27-9-8-12-10-13(22)6-7-14(12)19(27)20(28)26-18-15(23)4-3-5-16(18)24/h3-7,10-11,17,19H,8-9,25H2,1-2H3,(H,26,28)/t17-,19?/m0/s1. The number of hydrogen-bond acceptors (Lipinski definition) is 3. The SMILES string of the molecule is CC(C)[C@H](N)C(=O)N1CCc2cc(F)ccc2C1C(=O)Nc1c(F)cccc1F. The number of para-hydroxylation sites is 1. The van der Waals surface area contributed by atoms with Crippen molar-refractivity contribution in [2.24, 2.45) is 11.7 Å². The van der Waals surface area contributed by atoms with Crippen LogP contribution >= 0.6 is 0 Å². The van der Waals surface area contributed by atoms with Gasteiger partial charge < -0.3 is 16.0 Å². The third kappa shape index (κ3) is 4.12. The molecule has 1 aliphatic heterocycles. The van der Waals surface area contributed by atoms with Crippen molar-refractivity contribution in [2.45, 2.75) is 32.4 Å². The summed E-state index contributed by atoms with van der Waals surface area (Å²) in [7, 11) is 0. The Morgan fingerprint density at radius 2 is 1.79 bits per heavy atom. The highest BCUT2D eigenvalue weighted by Crippen LogP contribution is 2.33. The van der Waals surface area contributed by atoms with Crippen LogP contribution < -0.4 is 11.1 Å². The van der Waals surface area contributed by atoms with Gasteiger partial charge in [-0.2, -0.15) is 0 Å². The summed E-state index contributed by atoms with van der Waals surface area (Å²) in [5.74, 6) is -3.78. The molecule has 1 aliphatic rings. The number of halogens is 3. The summed E-state index contributed by atoms with van der Waals surface area (Å²) in [5, 5.41) is 2.24. The van der Waals surface area contributed by atoms with Gasteiger partial charge in [0.2, 0.25) is 5.91 Å². The summed E-state index contributed by atoms with van der Waals surface area (Å²) >= 11 is 0. The van der Waals surface area contributed by atoms with E-state index in [1.165, 1.54) is 29.2 Å². The maximum atomic E-state index is 14.0. The minimum atomic E-state index is -1.18. The topological polar surface area (TPSA) is 75.4 Å². The Bertz CT molecular complexity index is 929. The fraction of sp³-hybridized carbons (Fsp3) is 0.333. The van der Waals surface area contributed by atoms with Crippen LogP contribution in [0.4, 0.5) is 18.9 Å². The number of nitrogens with one attached hydrogen (secondary N) is 1. The molecule has 0 bridgehead atoms. The first kappa shape index (κ1) is 20.9. The summed E-state index contributed by atoms with van der Waals surface area (Å²) < 4.78 is 41.7. The van der Waals surface area contributed by atoms with Crippen molar-refractivity contribution >= 4 is 17.5 Å². The molecule has 3 N–H and O–H groups in total. The van der Waals surface area contributed by atoms with Crippen molar-refractivity contribution in [1.82, 2.24) is 4.90 Å². The number of rotatable bonds is 4. The average molecular weight is 405 g/mol. The monoisotopic (exact) mass is 405 g/mol. The van der Waals surface area contributed by atoms with E-state index < -0.39 is 47.0 Å². The van der Waals surface area contributed by atoms with Crippen molar-refractivity contribution in [1.29, 1.82) is 0 Å². The first-order chi connectivity index (χ1) is 13.7. The largest absolute Gasteiger partial charge is 0.325 e. The van der Waals surface area contributed by atoms with Crippen molar-refractivity contribution in [3.05, 3.63) is 65.0 Å². The Morgan fingerprint density at radius 1 is 1.14 bits per heavy atom. The molecule has 3 rings (SSSR count). The lowest BCUT2D eigenvalue weighted by Crippen LogP contribution is -2.52. The third-order valence-corrected chi connectivity index (χ3v) is 5.08. The van der Waals surface area contributed by atoms with Crippen LogP contribution in [0.1, 0.15) is 31.0 Å². The van der Waals surface area contributed by atoms with E-state index in [-0.39, 0.29) is 12.5 Å². The molecule has 5 nitrogen and oxygen atoms in total. The fourth-order valence-electron chi connectivity index (χ4n) is 3.40. The molecule has 2 aromatic rings. The highest BCUT2D eigenvalue weighted by molar-refractivity contribution is 5.99. The normalized spacial score (nSPS) is 17.1. The van der Waals surface area contributed by atoms with Gasteiger partial charge in [-0.3, -0.25) is 9.59 Å². The number of anilines is 1. The Balaban J connectivity index is 2.01. The number of nitrogens with two attached hydrogens (primary N) is 1. The molecule has 2 aromatic carbocycles. The molecule has 0 radical (unpaired) electrons. The summed E-state index contributed by atoms with van der Waals surface area (Å²) in [4.78, 5) is 27.3. The summed E-state index contributed by atoms with van der Waals surface area (Å²) in [6.45, 7) is 3.69. The van der Waals surface area contributed by atoms with E-state index in [4.69, 9.17) is 5.73 Å². The van der Waals surface area contributed by atoms with E-state index in [2.05, 4.69) is 5.32 Å². The predicted molar refractivity (Wildman–Crippen MR) is 102 cm³/mol. The molecule has 0 saturated heterocycles. The smallest absolute Gasteiger partial charge is 0.251 e. The second kappa shape index (κ2) is 8.24. The zero-order chi connectivity index (χ0) is 21.3. The summed E-state index contributed by atoms with van der Waals surface area (Å²) in [6, 6.07) is 5.06. The van der Waals surface area contributed by atoms with Crippen LogP contribution in [0.5, 0.6) is 0 Å². The van der Waals surface area contributed by atoms with Gasteiger partial charge in [-0.1, -0.05) is 26.0 Å². The Morgan fingerprint density at radius 3 is 2.41 bits per heavy atom. The van der Waals surface area contributed by atoms with Gasteiger partial charge in [0.15, 0.2) is 0 Å². The minimum absolute atomic E-state index is 0.132. The van der Waals surface area contributed by atoms with Crippen LogP contribution in [0.2, 0.25) is 0 Å². The maximum Gasteiger partial charge on any atom is 0.251 e. The van der Waals surface area contributed by atoms with Crippen LogP contribution in [-0.4, -0.2) is 29.3 Å². The van der Waals surface area contributed by atoms with Crippen molar-refractivity contribution in [3.8, 4) is 0 Å². The first-order valence-electron chi connectivity index (χ1n) is 9.30. The second-order valence-corrected chi connectivity index (χ2v) is 7.38. The van der Waals surface area contributed by atoms with Crippen LogP contribution in [0, 0.1) is 23.4 Å². The molecule has 1 unspecified atom stereocenters. The molecule has 0 saturated carbocycles. The van der Waals surface area contributed by atoms with Gasteiger partial charge in [0.1, 0.15) is 29.2 Å². The molecule has 2 atom stereocenters. The quantitative estimate of drug-likeness (QED) is 0.821. The number of amides is 2. The van der Waals surface area contributed by atoms with Gasteiger partial charge in [0.05, 0.1) is 6.04 Å². The zero-order valence-corrected chi connectivity index (χ0v) is 16.1. The number of benzene rings is 2. The highest BCUT2D eigenvalue weighted by atomic mass is 19.1. The maximum absolute atomic E-state index is 14.0. The lowest BCUT2D eigenvalue weighted by Gasteiger charge is -2.38. The molecular formula is C21H22F3N3O2. The highest BCUT2D eigenvalue weighted by Gasteiger charge is 2.38. The van der Waals surface area contributed by atoms with Crippen molar-refractivity contribution in [3.63, 3.8) is 0 Å². The van der Waals surface area contributed by atoms with Gasteiger partial charge in [-0.25, -0.2) is 13.2 Å². The number of carbonyl (C=O) groups is 2. The minimum Gasteiger partial charge on any atom is -0.325 e. The molecule has 8 heteroatoms. The molecule has 1 heterocycles. The van der Waals surface area contributed by atoms with Crippen molar-refractivity contribution < 1.29 is 22.8 Å². The molecule has 0 aromatic heterocycles. The van der Waals surface area contributed by atoms with Gasteiger partial charge >= 0.3 is 0 Å². The van der Waals surface area contributed by atoms with Gasteiger partial charge in [-0.05, 0) is 47.7 Å². The average Bonchev–Trinajstić information content (AvgIpc) is 2.68. The van der Waals surface area contributed by atoms with E-state index in [1.807, 2.05) is 0 Å². The first-order valence-corrected chi connectivity index (χ1v) is 9.30. The second-order valence-electron chi connectivity index (χ2n) is 7.38. The van der Waals surface area contributed by atoms with Crippen molar-refractivity contribution in [2.75, 3.05) is 11.9 Å². The lowest BCUT2D eigenvalue weighted by atomic mass is 9.90. The summed E-state index contributed by atoms with van der Waals surface area (Å²) in [6.07, 6.45) is 0.335. The van der Waals surface area contributed by atoms with E-state index >= 15 is 0 Å². The van der Waals surface area contributed by atoms with E-state index in [1.54, 1.807) is 13.8 Å². The van der Waals surface area contributed by atoms with Gasteiger partial charge in [0, 0.05) is 6.54 Å². The zero-order valence-electron chi connectivity index (χ0n) is 16.1. The van der Waals surface area contributed by atoms with Crippen LogP contribution in [0.25, 0.3) is 0 Å². The van der Waals surface area contributed by atoms with E-state index in [9.17, 15) is 22.8 Å². The van der Waals surface area contributed by atoms with E-state index in [0.29, 0.717) is 17.5 Å². The van der Waals surface area contributed by atoms with Crippen LogP contribution in [0.15, 0.2) is 36.4 Å². The number of nitrogens with zero attached hydrogens (tertiary/aromatic N) is 1. The lowest BCUT2D eigenvalue weighted by molar-refractivity contribution is -0.141. The van der Waals surface area contributed by atoms with E-state index in [0.717, 1.165) is 12.1 Å². The predicted octanol–water partition coefficient (Wildman–Crippen LogP) is 3.15. The fourth-order valence-corrected chi connectivity index (χ4v) is 3.40. The Kier molecular flexibility index (Phi) is 5.93. The van der Waals surface area contributed by atoms with Crippen LogP contribution in [-0.2, 0) is 16.0 Å². The summed E-state index contributed by atoms with van der Waals surface area (Å²) in [5.41, 5.74) is 6.35. The van der Waals surface area contributed by atoms with Gasteiger partial charge in [-0.15, -0.1) is 0 Å². The number of fused-ring (bicyclic) bond motifs is 1. The number of hydrogen-bond donors (Lipinski definition) is 2. The molecule has 154 valence electrons. The van der Waals surface area contributed by atoms with Gasteiger partial charge in [0.25, 0.3) is 5.91 Å². The molecule has 0 aliphatic carbocycles.